The van der Waals surface area contributed by atoms with Crippen LogP contribution in [0.25, 0.3) is 0 Å². The fourth-order valence-electron chi connectivity index (χ4n) is 1.58. The lowest BCUT2D eigenvalue weighted by Gasteiger charge is -2.02. The van der Waals surface area contributed by atoms with Crippen molar-refractivity contribution in [3.63, 3.8) is 0 Å². The Morgan fingerprint density at radius 2 is 1.32 bits per heavy atom. The van der Waals surface area contributed by atoms with Gasteiger partial charge in [0.05, 0.1) is 0 Å². The minimum absolute atomic E-state index is 0. The first-order valence-corrected chi connectivity index (χ1v) is 8.34. The van der Waals surface area contributed by atoms with Crippen LogP contribution in [0.1, 0.15) is 88.6 Å². The lowest BCUT2D eigenvalue weighted by molar-refractivity contribution is 0.140. The molecular formula is C22H51ClO2. The highest BCUT2D eigenvalue weighted by Crippen LogP contribution is 2.11. The molecule has 0 saturated heterocycles. The summed E-state index contributed by atoms with van der Waals surface area (Å²) >= 11 is 4.64. The summed E-state index contributed by atoms with van der Waals surface area (Å²) < 4.78 is 5.18. The van der Waals surface area contributed by atoms with Crippen molar-refractivity contribution in [3.05, 3.63) is 35.9 Å². The first-order valence-electron chi connectivity index (χ1n) is 7.58. The van der Waals surface area contributed by atoms with Crippen LogP contribution in [0.3, 0.4) is 0 Å². The molecule has 0 radical (unpaired) electrons. The molecule has 3 heteroatoms. The van der Waals surface area contributed by atoms with Gasteiger partial charge in [-0.25, -0.2) is 0 Å². The summed E-state index contributed by atoms with van der Waals surface area (Å²) in [6.45, 7) is 12.7. The fraction of sp³-hybridized carbons (Fsp3) is 0.727. The van der Waals surface area contributed by atoms with Crippen molar-refractivity contribution in [2.45, 2.75) is 83.1 Å². The van der Waals surface area contributed by atoms with Crippen LogP contribution < -0.4 is 0 Å². The zero-order valence-corrected chi connectivity index (χ0v) is 15.4. The Kier molecular flexibility index (Phi) is 61.3. The molecule has 0 atom stereocenters. The van der Waals surface area contributed by atoms with E-state index in [4.69, 9.17) is 4.74 Å². The lowest BCUT2D eigenvalue weighted by Crippen LogP contribution is -1.95. The topological polar surface area (TPSA) is 40.7 Å². The molecule has 0 unspecified atom stereocenters. The third-order valence-electron chi connectivity index (χ3n) is 2.74. The van der Waals surface area contributed by atoms with Crippen LogP contribution in [0.2, 0.25) is 0 Å². The Morgan fingerprint density at radius 3 is 1.60 bits per heavy atom. The first-order chi connectivity index (χ1) is 9.57. The maximum atomic E-state index is 5.18. The molecule has 2 N–H and O–H groups in total. The predicted molar refractivity (Wildman–Crippen MR) is 123 cm³/mol. The quantitative estimate of drug-likeness (QED) is 0.364. The third-order valence-corrected chi connectivity index (χ3v) is 2.74. The zero-order valence-electron chi connectivity index (χ0n) is 14.7. The van der Waals surface area contributed by atoms with Gasteiger partial charge in [0.1, 0.15) is 0 Å². The van der Waals surface area contributed by atoms with Crippen molar-refractivity contribution >= 4 is 11.6 Å². The molecule has 0 aromatic heterocycles. The Labute approximate surface area is 166 Å². The molecule has 25 heavy (non-hydrogen) atoms. The molecule has 0 aliphatic carbocycles. The van der Waals surface area contributed by atoms with Crippen LogP contribution in [0, 0.1) is 5.92 Å². The molecule has 1 rings (SSSR count). The molecule has 0 heterocycles. The average molecular weight is 383 g/mol. The monoisotopic (exact) mass is 382 g/mol. The average Bonchev–Trinajstić information content (AvgIpc) is 2.47. The summed E-state index contributed by atoms with van der Waals surface area (Å²) in [5.41, 5.74) is 1.41. The maximum Gasteiger partial charge on any atom is 0.0465 e. The number of benzene rings is 1. The molecule has 0 amide bonds. The van der Waals surface area contributed by atoms with Gasteiger partial charge in [0.15, 0.2) is 0 Å². The fourth-order valence-corrected chi connectivity index (χ4v) is 1.58. The van der Waals surface area contributed by atoms with E-state index in [0.717, 1.165) is 19.1 Å². The maximum absolute atomic E-state index is 5.18. The van der Waals surface area contributed by atoms with E-state index in [1.807, 2.05) is 13.0 Å². The number of hydrogen-bond acceptors (Lipinski definition) is 1. The van der Waals surface area contributed by atoms with Crippen molar-refractivity contribution < 1.29 is 10.2 Å². The van der Waals surface area contributed by atoms with Crippen LogP contribution in [0.15, 0.2) is 30.3 Å². The van der Waals surface area contributed by atoms with Gasteiger partial charge in [0.25, 0.3) is 0 Å². The summed E-state index contributed by atoms with van der Waals surface area (Å²) in [4.78, 5) is 0. The van der Waals surface area contributed by atoms with Crippen LogP contribution in [0.5, 0.6) is 0 Å². The zero-order chi connectivity index (χ0) is 15.8. The second-order valence-electron chi connectivity index (χ2n) is 5.30. The first kappa shape index (κ1) is 44.1. The van der Waals surface area contributed by atoms with Gasteiger partial charge in [0.2, 0.25) is 0 Å². The van der Waals surface area contributed by atoms with E-state index in [1.165, 1.54) is 24.8 Å². The molecular weight excluding hydrogens is 332 g/mol. The molecule has 0 aliphatic rings. The molecule has 0 aliphatic heterocycles. The normalized spacial score (nSPS) is 7.72. The van der Waals surface area contributed by atoms with Crippen molar-refractivity contribution in [1.29, 1.82) is 0 Å². The SMILES string of the molecule is C.C.C.C.CC(C)c1ccccc1.CCOCCCC(C)C.CCl.O. The lowest BCUT2D eigenvalue weighted by atomic mass is 10.0. The van der Waals surface area contributed by atoms with Crippen LogP contribution >= 0.6 is 11.6 Å². The van der Waals surface area contributed by atoms with Gasteiger partial charge in [0, 0.05) is 19.6 Å². The third kappa shape index (κ3) is 35.4. The Bertz CT molecular complexity index is 275. The van der Waals surface area contributed by atoms with Gasteiger partial charge in [-0.15, -0.1) is 11.6 Å². The Morgan fingerprint density at radius 1 is 0.880 bits per heavy atom. The summed E-state index contributed by atoms with van der Waals surface area (Å²) in [6, 6.07) is 10.5. The van der Waals surface area contributed by atoms with Crippen molar-refractivity contribution in [3.8, 4) is 0 Å². The number of rotatable bonds is 6. The van der Waals surface area contributed by atoms with Gasteiger partial charge in [-0.3, -0.25) is 0 Å². The summed E-state index contributed by atoms with van der Waals surface area (Å²) in [7, 11) is 0. The van der Waals surface area contributed by atoms with E-state index < -0.39 is 0 Å². The molecule has 158 valence electrons. The Hall–Kier alpha value is -0.570. The second kappa shape index (κ2) is 34.7. The van der Waals surface area contributed by atoms with Crippen molar-refractivity contribution in [1.82, 2.24) is 0 Å². The number of ether oxygens (including phenoxy) is 1. The van der Waals surface area contributed by atoms with Crippen LogP contribution in [-0.2, 0) is 4.74 Å². The summed E-state index contributed by atoms with van der Waals surface area (Å²) in [5.74, 6) is 1.48. The van der Waals surface area contributed by atoms with Crippen LogP contribution in [-0.4, -0.2) is 25.1 Å². The molecule has 0 saturated carbocycles. The van der Waals surface area contributed by atoms with Crippen molar-refractivity contribution in [2.75, 3.05) is 19.6 Å². The smallest absolute Gasteiger partial charge is 0.0465 e. The largest absolute Gasteiger partial charge is 0.412 e. The van der Waals surface area contributed by atoms with Crippen LogP contribution in [0.4, 0.5) is 0 Å². The van der Waals surface area contributed by atoms with Gasteiger partial charge >= 0.3 is 0 Å². The van der Waals surface area contributed by atoms with E-state index in [-0.39, 0.29) is 35.2 Å². The molecule has 1 aromatic carbocycles. The highest BCUT2D eigenvalue weighted by Gasteiger charge is 1.93. The van der Waals surface area contributed by atoms with Gasteiger partial charge < -0.3 is 10.2 Å². The van der Waals surface area contributed by atoms with Gasteiger partial charge in [-0.2, -0.15) is 0 Å². The van der Waals surface area contributed by atoms with E-state index in [2.05, 4.69) is 63.6 Å². The highest BCUT2D eigenvalue weighted by molar-refractivity contribution is 6.15. The molecule has 1 aromatic rings. The molecule has 0 spiro atoms. The number of hydrogen-bond donors (Lipinski definition) is 0. The molecule has 2 nitrogen and oxygen atoms in total. The van der Waals surface area contributed by atoms with E-state index in [0.29, 0.717) is 5.92 Å². The minimum Gasteiger partial charge on any atom is -0.412 e. The summed E-state index contributed by atoms with van der Waals surface area (Å²) in [6.07, 6.45) is 3.98. The van der Waals surface area contributed by atoms with Crippen molar-refractivity contribution in [2.24, 2.45) is 5.92 Å². The van der Waals surface area contributed by atoms with E-state index in [1.54, 1.807) is 0 Å². The van der Waals surface area contributed by atoms with E-state index >= 15 is 0 Å². The van der Waals surface area contributed by atoms with Gasteiger partial charge in [-0.1, -0.05) is 87.7 Å². The highest BCUT2D eigenvalue weighted by atomic mass is 35.5. The number of halogens is 1. The molecule has 0 fully saturated rings. The van der Waals surface area contributed by atoms with E-state index in [9.17, 15) is 0 Å². The number of alkyl halides is 1. The van der Waals surface area contributed by atoms with Gasteiger partial charge in [-0.05, 0) is 37.2 Å². The second-order valence-corrected chi connectivity index (χ2v) is 5.30. The predicted octanol–water partition coefficient (Wildman–Crippen LogP) is 7.84. The molecule has 0 bridgehead atoms. The summed E-state index contributed by atoms with van der Waals surface area (Å²) in [5, 5.41) is 0. The minimum atomic E-state index is 0. The Balaban J connectivity index is -0.0000000398. The standard InChI is InChI=1S/C9H12.C8H18O.CH3Cl.4CH4.H2O/c1-8(2)9-6-4-3-5-7-9;1-4-9-7-5-6-8(2)3;1-2;;;;;/h3-8H,1-2H3;8H,4-7H2,1-3H3;1H3;4*1H4;1H2.